The summed E-state index contributed by atoms with van der Waals surface area (Å²) in [6, 6.07) is 2.60. The highest BCUT2D eigenvalue weighted by molar-refractivity contribution is 6.30. The topological polar surface area (TPSA) is 72.3 Å². The van der Waals surface area contributed by atoms with E-state index in [0.29, 0.717) is 6.07 Å². The molecule has 110 valence electrons. The van der Waals surface area contributed by atoms with Gasteiger partial charge in [0.25, 0.3) is 0 Å². The van der Waals surface area contributed by atoms with E-state index in [9.17, 15) is 18.0 Å². The number of carbonyl (C=O) groups is 1. The highest BCUT2D eigenvalue weighted by atomic mass is 35.5. The first-order chi connectivity index (χ1) is 9.77. The third-order valence-electron chi connectivity index (χ3n) is 2.28. The Hall–Kier alpha value is -2.35. The van der Waals surface area contributed by atoms with Gasteiger partial charge in [0.05, 0.1) is 11.2 Å². The molecule has 9 heteroatoms. The van der Waals surface area contributed by atoms with Crippen molar-refractivity contribution in [3.05, 3.63) is 46.9 Å². The van der Waals surface area contributed by atoms with Crippen LogP contribution in [-0.2, 0) is 6.18 Å². The van der Waals surface area contributed by atoms with Gasteiger partial charge in [-0.2, -0.15) is 13.2 Å². The van der Waals surface area contributed by atoms with Crippen molar-refractivity contribution in [2.24, 2.45) is 0 Å². The van der Waals surface area contributed by atoms with Crippen LogP contribution in [0.5, 0.6) is 11.6 Å². The second-order valence-electron chi connectivity index (χ2n) is 3.79. The molecule has 0 aromatic carbocycles. The van der Waals surface area contributed by atoms with Gasteiger partial charge >= 0.3 is 12.1 Å². The fourth-order valence-corrected chi connectivity index (χ4v) is 1.56. The molecule has 5 nitrogen and oxygen atoms in total. The maximum Gasteiger partial charge on any atom is 0.433 e. The van der Waals surface area contributed by atoms with E-state index in [1.165, 1.54) is 18.5 Å². The summed E-state index contributed by atoms with van der Waals surface area (Å²) in [5.41, 5.74) is -1.78. The second-order valence-corrected chi connectivity index (χ2v) is 4.23. The number of carboxylic acids is 1. The van der Waals surface area contributed by atoms with Crippen LogP contribution >= 0.6 is 11.6 Å². The molecule has 0 aliphatic heterocycles. The SMILES string of the molecule is O=C(O)c1ccc(C(F)(F)F)nc1Oc1cncc(Cl)c1. The van der Waals surface area contributed by atoms with Crippen molar-refractivity contribution in [2.45, 2.75) is 6.18 Å². The van der Waals surface area contributed by atoms with Crippen molar-refractivity contribution in [1.29, 1.82) is 0 Å². The van der Waals surface area contributed by atoms with E-state index in [1.54, 1.807) is 0 Å². The van der Waals surface area contributed by atoms with Crippen LogP contribution in [0.2, 0.25) is 5.02 Å². The zero-order valence-corrected chi connectivity index (χ0v) is 10.8. The molecule has 0 saturated carbocycles. The van der Waals surface area contributed by atoms with Gasteiger partial charge in [-0.1, -0.05) is 11.6 Å². The van der Waals surface area contributed by atoms with Crippen molar-refractivity contribution >= 4 is 17.6 Å². The van der Waals surface area contributed by atoms with Crippen LogP contribution in [0.4, 0.5) is 13.2 Å². The van der Waals surface area contributed by atoms with Gasteiger partial charge in [0.2, 0.25) is 5.88 Å². The molecule has 0 saturated heterocycles. The first kappa shape index (κ1) is 15.0. The Labute approximate surface area is 121 Å². The maximum absolute atomic E-state index is 12.6. The molecule has 0 spiro atoms. The third kappa shape index (κ3) is 3.60. The number of halogens is 4. The predicted molar refractivity (Wildman–Crippen MR) is 65.5 cm³/mol. The summed E-state index contributed by atoms with van der Waals surface area (Å²) in [7, 11) is 0. The molecule has 2 rings (SSSR count). The van der Waals surface area contributed by atoms with Crippen molar-refractivity contribution in [3.8, 4) is 11.6 Å². The molecule has 0 atom stereocenters. The van der Waals surface area contributed by atoms with Crippen LogP contribution < -0.4 is 4.74 Å². The van der Waals surface area contributed by atoms with Crippen LogP contribution in [0.25, 0.3) is 0 Å². The Morgan fingerprint density at radius 2 is 2.00 bits per heavy atom. The Morgan fingerprint density at radius 3 is 2.57 bits per heavy atom. The van der Waals surface area contributed by atoms with Gasteiger partial charge in [-0.25, -0.2) is 9.78 Å². The highest BCUT2D eigenvalue weighted by Gasteiger charge is 2.34. The Kier molecular flexibility index (Phi) is 3.99. The smallest absolute Gasteiger partial charge is 0.433 e. The molecule has 2 aromatic heterocycles. The minimum Gasteiger partial charge on any atom is -0.477 e. The number of ether oxygens (including phenoxy) is 1. The summed E-state index contributed by atoms with van der Waals surface area (Å²) >= 11 is 5.66. The molecule has 2 heterocycles. The molecule has 21 heavy (non-hydrogen) atoms. The number of hydrogen-bond acceptors (Lipinski definition) is 4. The van der Waals surface area contributed by atoms with Crippen molar-refractivity contribution in [2.75, 3.05) is 0 Å². The normalized spacial score (nSPS) is 11.2. The van der Waals surface area contributed by atoms with E-state index in [0.717, 1.165) is 6.07 Å². The molecule has 2 aromatic rings. The number of aromatic carboxylic acids is 1. The minimum absolute atomic E-state index is 0.0307. The summed E-state index contributed by atoms with van der Waals surface area (Å²) in [5, 5.41) is 9.13. The van der Waals surface area contributed by atoms with Crippen molar-refractivity contribution < 1.29 is 27.8 Å². The summed E-state index contributed by atoms with van der Waals surface area (Å²) in [5.74, 6) is -2.19. The second kappa shape index (κ2) is 5.57. The van der Waals surface area contributed by atoms with E-state index in [1.807, 2.05) is 0 Å². The summed E-state index contributed by atoms with van der Waals surface area (Å²) in [6.07, 6.45) is -2.27. The standard InChI is InChI=1S/C12H6ClF3N2O3/c13-6-3-7(5-17-4-6)21-10-8(11(19)20)1-2-9(18-10)12(14,15)16/h1-5H,(H,19,20). The van der Waals surface area contributed by atoms with Gasteiger partial charge in [0, 0.05) is 12.3 Å². The molecule has 0 unspecified atom stereocenters. The van der Waals surface area contributed by atoms with E-state index in [2.05, 4.69) is 9.97 Å². The van der Waals surface area contributed by atoms with Crippen LogP contribution in [-0.4, -0.2) is 21.0 Å². The van der Waals surface area contributed by atoms with Gasteiger partial charge in [-0.05, 0) is 12.1 Å². The first-order valence-electron chi connectivity index (χ1n) is 5.37. The van der Waals surface area contributed by atoms with E-state index in [-0.39, 0.29) is 10.8 Å². The molecule has 0 amide bonds. The lowest BCUT2D eigenvalue weighted by Gasteiger charge is -2.11. The van der Waals surface area contributed by atoms with Crippen LogP contribution in [0.1, 0.15) is 16.1 Å². The summed E-state index contributed by atoms with van der Waals surface area (Å²) < 4.78 is 42.9. The zero-order valence-electron chi connectivity index (χ0n) is 10.1. The highest BCUT2D eigenvalue weighted by Crippen LogP contribution is 2.32. The lowest BCUT2D eigenvalue weighted by atomic mass is 10.2. The predicted octanol–water partition coefficient (Wildman–Crippen LogP) is 3.64. The van der Waals surface area contributed by atoms with Gasteiger partial charge < -0.3 is 9.84 Å². The number of nitrogens with zero attached hydrogens (tertiary/aromatic N) is 2. The molecule has 0 aliphatic carbocycles. The molecule has 0 bridgehead atoms. The lowest BCUT2D eigenvalue weighted by Crippen LogP contribution is -2.11. The van der Waals surface area contributed by atoms with Gasteiger partial charge in [-0.15, -0.1) is 0 Å². The van der Waals surface area contributed by atoms with Crippen molar-refractivity contribution in [1.82, 2.24) is 9.97 Å². The fourth-order valence-electron chi connectivity index (χ4n) is 1.40. The number of aromatic nitrogens is 2. The van der Waals surface area contributed by atoms with Crippen LogP contribution in [0, 0.1) is 0 Å². The quantitative estimate of drug-likeness (QED) is 0.935. The number of rotatable bonds is 3. The fraction of sp³-hybridized carbons (Fsp3) is 0.0833. The summed E-state index contributed by atoms with van der Waals surface area (Å²) in [4.78, 5) is 17.9. The van der Waals surface area contributed by atoms with Crippen molar-refractivity contribution in [3.63, 3.8) is 0 Å². The Bertz CT molecular complexity index is 692. The lowest BCUT2D eigenvalue weighted by molar-refractivity contribution is -0.141. The van der Waals surface area contributed by atoms with E-state index >= 15 is 0 Å². The third-order valence-corrected chi connectivity index (χ3v) is 2.48. The number of alkyl halides is 3. The van der Waals surface area contributed by atoms with Gasteiger partial charge in [0.1, 0.15) is 17.0 Å². The largest absolute Gasteiger partial charge is 0.477 e. The molecular formula is C12H6ClF3N2O3. The number of carboxylic acid groups (broad SMARTS) is 1. The molecular weight excluding hydrogens is 313 g/mol. The van der Waals surface area contributed by atoms with Gasteiger partial charge in [-0.3, -0.25) is 4.98 Å². The summed E-state index contributed by atoms with van der Waals surface area (Å²) in [6.45, 7) is 0. The molecule has 0 radical (unpaired) electrons. The van der Waals surface area contributed by atoms with E-state index in [4.69, 9.17) is 21.4 Å². The number of hydrogen-bond donors (Lipinski definition) is 1. The number of pyridine rings is 2. The van der Waals surface area contributed by atoms with E-state index < -0.39 is 29.3 Å². The maximum atomic E-state index is 12.6. The van der Waals surface area contributed by atoms with Gasteiger partial charge in [0.15, 0.2) is 0 Å². The molecule has 0 aliphatic rings. The first-order valence-corrected chi connectivity index (χ1v) is 5.75. The van der Waals surface area contributed by atoms with Crippen LogP contribution in [0.15, 0.2) is 30.6 Å². The Morgan fingerprint density at radius 1 is 1.29 bits per heavy atom. The zero-order chi connectivity index (χ0) is 15.6. The molecule has 0 fully saturated rings. The Balaban J connectivity index is 2.46. The monoisotopic (exact) mass is 318 g/mol. The van der Waals surface area contributed by atoms with Crippen LogP contribution in [0.3, 0.4) is 0 Å². The molecule has 1 N–H and O–H groups in total. The minimum atomic E-state index is -4.72. The average molecular weight is 319 g/mol. The average Bonchev–Trinajstić information content (AvgIpc) is 2.37.